The lowest BCUT2D eigenvalue weighted by Crippen LogP contribution is -1.66. The quantitative estimate of drug-likeness (QED) is 0.448. The zero-order chi connectivity index (χ0) is 4.83. The van der Waals surface area contributed by atoms with Gasteiger partial charge in [0.1, 0.15) is 0 Å². The first-order valence-electron chi connectivity index (χ1n) is 2.19. The molecular weight excluding hydrogens is 159 g/mol. The van der Waals surface area contributed by atoms with E-state index in [0.717, 1.165) is 0 Å². The van der Waals surface area contributed by atoms with Gasteiger partial charge in [-0.2, -0.15) is 6.16 Å². The minimum atomic E-state index is 1.30. The molecule has 6 heavy (non-hydrogen) atoms. The Hall–Kier alpha value is 0.910. The zero-order valence-corrected chi connectivity index (χ0v) is 6.43. The molecular formula is C4H9BrP-. The lowest BCUT2D eigenvalue weighted by atomic mass is 10.4. The number of halogens is 1. The van der Waals surface area contributed by atoms with E-state index in [9.17, 15) is 0 Å². The van der Waals surface area contributed by atoms with Gasteiger partial charge in [0.15, 0.2) is 0 Å². The Morgan fingerprint density at radius 3 is 2.50 bits per heavy atom. The van der Waals surface area contributed by atoms with Crippen LogP contribution in [0, 0.1) is 0 Å². The first-order valence-corrected chi connectivity index (χ1v) is 5.29. The molecule has 0 saturated heterocycles. The largest absolute Gasteiger partial charge is 0.460 e. The molecule has 0 atom stereocenters. The van der Waals surface area contributed by atoms with Crippen LogP contribution in [0.5, 0.6) is 0 Å². The van der Waals surface area contributed by atoms with Gasteiger partial charge in [-0.05, 0) is 0 Å². The summed E-state index contributed by atoms with van der Waals surface area (Å²) in [6.45, 7) is 2.21. The molecule has 0 nitrogen and oxygen atoms in total. The Morgan fingerprint density at radius 2 is 2.33 bits per heavy atom. The maximum Gasteiger partial charge on any atom is -0.0584 e. The van der Waals surface area contributed by atoms with Crippen LogP contribution < -0.4 is 0 Å². The first-order chi connectivity index (χ1) is 2.91. The lowest BCUT2D eigenvalue weighted by molar-refractivity contribution is 0.896. The average molecular weight is 168 g/mol. The van der Waals surface area contributed by atoms with Crippen molar-refractivity contribution in [2.75, 3.05) is 6.16 Å². The predicted octanol–water partition coefficient (Wildman–Crippen LogP) is 3.04. The van der Waals surface area contributed by atoms with Crippen molar-refractivity contribution in [3.8, 4) is 0 Å². The second-order valence-corrected chi connectivity index (χ2v) is 3.39. The first kappa shape index (κ1) is 6.91. The highest BCUT2D eigenvalue weighted by Crippen LogP contribution is 2.20. The molecule has 0 rings (SSSR count). The van der Waals surface area contributed by atoms with Gasteiger partial charge in [-0.1, -0.05) is 19.8 Å². The van der Waals surface area contributed by atoms with Gasteiger partial charge < -0.3 is 22.8 Å². The number of hydrogen-bond acceptors (Lipinski definition) is 0. The highest BCUT2D eigenvalue weighted by Gasteiger charge is 1.65. The van der Waals surface area contributed by atoms with E-state index in [-0.39, 0.29) is 0 Å². The van der Waals surface area contributed by atoms with E-state index in [0.29, 0.717) is 0 Å². The van der Waals surface area contributed by atoms with E-state index in [1.807, 2.05) is 0 Å². The molecule has 0 aromatic rings. The Labute approximate surface area is 49.2 Å². The summed E-state index contributed by atoms with van der Waals surface area (Å²) in [7, 11) is 1.36. The maximum absolute atomic E-state index is 3.32. The smallest absolute Gasteiger partial charge is 0.0584 e. The standard InChI is InChI=1S/C4H9BrP/c1-2-3-4-6-5/h2-4H2,1H3/q-1. The van der Waals surface area contributed by atoms with Gasteiger partial charge in [-0.3, -0.25) is 0 Å². The third-order valence-corrected chi connectivity index (χ3v) is 2.15. The minimum Gasteiger partial charge on any atom is -0.460 e. The van der Waals surface area contributed by atoms with Crippen LogP contribution in [0.25, 0.3) is 0 Å². The van der Waals surface area contributed by atoms with Crippen molar-refractivity contribution in [3.63, 3.8) is 0 Å². The minimum absolute atomic E-state index is 1.30. The fourth-order valence-corrected chi connectivity index (χ4v) is 1.41. The Kier molecular flexibility index (Phi) is 6.81. The van der Waals surface area contributed by atoms with Gasteiger partial charge in [-0.25, -0.2) is 0 Å². The molecule has 0 aromatic heterocycles. The molecule has 0 amide bonds. The third-order valence-electron chi connectivity index (χ3n) is 0.596. The van der Waals surface area contributed by atoms with Crippen LogP contribution in [0.2, 0.25) is 0 Å². The maximum atomic E-state index is 3.32. The van der Waals surface area contributed by atoms with Crippen molar-refractivity contribution >= 4 is 22.8 Å². The lowest BCUT2D eigenvalue weighted by Gasteiger charge is -2.01. The molecule has 0 aliphatic heterocycles. The van der Waals surface area contributed by atoms with Crippen LogP contribution in [0.4, 0.5) is 0 Å². The SMILES string of the molecule is CCCC[P-]Br. The highest BCUT2D eigenvalue weighted by atomic mass is 79.9. The topological polar surface area (TPSA) is 0 Å². The summed E-state index contributed by atoms with van der Waals surface area (Å²) in [6.07, 6.45) is 3.97. The van der Waals surface area contributed by atoms with E-state index < -0.39 is 0 Å². The summed E-state index contributed by atoms with van der Waals surface area (Å²) < 4.78 is 0. The van der Waals surface area contributed by atoms with Crippen molar-refractivity contribution in [2.45, 2.75) is 19.8 Å². The summed E-state index contributed by atoms with van der Waals surface area (Å²) in [5.74, 6) is 0. The van der Waals surface area contributed by atoms with Crippen molar-refractivity contribution < 1.29 is 0 Å². The van der Waals surface area contributed by atoms with Gasteiger partial charge in [0, 0.05) is 0 Å². The van der Waals surface area contributed by atoms with Crippen LogP contribution in [-0.4, -0.2) is 6.16 Å². The highest BCUT2D eigenvalue weighted by molar-refractivity contribution is 9.36. The van der Waals surface area contributed by atoms with E-state index in [1.165, 1.54) is 26.3 Å². The zero-order valence-electron chi connectivity index (χ0n) is 3.95. The molecule has 0 heterocycles. The third kappa shape index (κ3) is 4.91. The van der Waals surface area contributed by atoms with Crippen LogP contribution in [0.3, 0.4) is 0 Å². The molecule has 0 aromatic carbocycles. The Balaban J connectivity index is 2.34. The molecule has 0 aliphatic carbocycles. The number of rotatable bonds is 3. The fourth-order valence-electron chi connectivity index (χ4n) is 0.218. The normalized spacial score (nSPS) is 11.0. The monoisotopic (exact) mass is 167 g/mol. The number of hydrogen-bond donors (Lipinski definition) is 0. The van der Waals surface area contributed by atoms with Gasteiger partial charge in [-0.15, -0.1) is 0 Å². The summed E-state index contributed by atoms with van der Waals surface area (Å²) >= 11 is 3.32. The molecule has 0 radical (unpaired) electrons. The van der Waals surface area contributed by atoms with Crippen LogP contribution in [-0.2, 0) is 0 Å². The number of unbranched alkanes of at least 4 members (excludes halogenated alkanes) is 1. The predicted molar refractivity (Wildman–Crippen MR) is 35.6 cm³/mol. The van der Waals surface area contributed by atoms with Crippen molar-refractivity contribution in [1.82, 2.24) is 0 Å². The molecule has 0 N–H and O–H groups in total. The van der Waals surface area contributed by atoms with E-state index in [4.69, 9.17) is 0 Å². The van der Waals surface area contributed by atoms with E-state index in [2.05, 4.69) is 22.4 Å². The molecule has 2 heteroatoms. The molecule has 0 unspecified atom stereocenters. The summed E-state index contributed by atoms with van der Waals surface area (Å²) in [5.41, 5.74) is 0. The molecule has 38 valence electrons. The molecule has 0 saturated carbocycles. The molecule has 0 fully saturated rings. The van der Waals surface area contributed by atoms with Crippen molar-refractivity contribution in [1.29, 1.82) is 0 Å². The summed E-state index contributed by atoms with van der Waals surface area (Å²) in [6, 6.07) is 0. The van der Waals surface area contributed by atoms with Crippen molar-refractivity contribution in [2.24, 2.45) is 0 Å². The van der Waals surface area contributed by atoms with Gasteiger partial charge in [0.25, 0.3) is 0 Å². The molecule has 0 bridgehead atoms. The van der Waals surface area contributed by atoms with Gasteiger partial charge >= 0.3 is 0 Å². The van der Waals surface area contributed by atoms with Gasteiger partial charge in [0.2, 0.25) is 0 Å². The van der Waals surface area contributed by atoms with Crippen LogP contribution in [0.15, 0.2) is 0 Å². The summed E-state index contributed by atoms with van der Waals surface area (Å²) in [5, 5.41) is 0. The molecule has 0 aliphatic rings. The Morgan fingerprint density at radius 1 is 1.67 bits per heavy atom. The van der Waals surface area contributed by atoms with Crippen LogP contribution in [0.1, 0.15) is 19.8 Å². The second kappa shape index (κ2) is 5.91. The van der Waals surface area contributed by atoms with E-state index in [1.54, 1.807) is 0 Å². The molecule has 0 spiro atoms. The fraction of sp³-hybridized carbons (Fsp3) is 1.00. The van der Waals surface area contributed by atoms with E-state index >= 15 is 0 Å². The van der Waals surface area contributed by atoms with Gasteiger partial charge in [0.05, 0.1) is 0 Å². The van der Waals surface area contributed by atoms with Crippen molar-refractivity contribution in [3.05, 3.63) is 0 Å². The second-order valence-electron chi connectivity index (χ2n) is 1.20. The average Bonchev–Trinajstić information content (AvgIpc) is 1.61. The van der Waals surface area contributed by atoms with Crippen LogP contribution >= 0.6 is 22.8 Å². The Bertz CT molecular complexity index is 19.5. The summed E-state index contributed by atoms with van der Waals surface area (Å²) in [4.78, 5) is 0.